The predicted octanol–water partition coefficient (Wildman–Crippen LogP) is 4.73. The molecule has 4 rings (SSSR count). The van der Waals surface area contributed by atoms with Gasteiger partial charge in [-0.05, 0) is 52.6 Å². The number of nitrogens with zero attached hydrogens (tertiary/aromatic N) is 1. The number of fused-ring (bicyclic) bond motifs is 1. The van der Waals surface area contributed by atoms with E-state index in [-0.39, 0.29) is 11.5 Å². The molecule has 3 aromatic rings. The zero-order valence-corrected chi connectivity index (χ0v) is 13.7. The van der Waals surface area contributed by atoms with Gasteiger partial charge in [0, 0.05) is 17.0 Å². The van der Waals surface area contributed by atoms with E-state index in [1.165, 1.54) is 12.3 Å². The van der Waals surface area contributed by atoms with E-state index in [2.05, 4.69) is 6.07 Å². The van der Waals surface area contributed by atoms with Crippen LogP contribution in [0, 0.1) is 11.3 Å². The van der Waals surface area contributed by atoms with Gasteiger partial charge in [0.1, 0.15) is 17.6 Å². The molecule has 0 bridgehead atoms. The summed E-state index contributed by atoms with van der Waals surface area (Å²) in [4.78, 5) is 0. The number of hydrogen-bond donors (Lipinski definition) is 2. The van der Waals surface area contributed by atoms with Gasteiger partial charge in [-0.2, -0.15) is 5.26 Å². The van der Waals surface area contributed by atoms with Crippen LogP contribution in [0.5, 0.6) is 11.5 Å². The first-order chi connectivity index (χ1) is 12.1. The molecule has 0 atom stereocenters. The zero-order chi connectivity index (χ0) is 17.6. The number of rotatable bonds is 2. The molecule has 1 heterocycles. The second-order valence-electron chi connectivity index (χ2n) is 5.81. The van der Waals surface area contributed by atoms with E-state index in [1.807, 2.05) is 0 Å². The molecule has 0 unspecified atom stereocenters. The minimum absolute atomic E-state index is 0.0540. The van der Waals surface area contributed by atoms with Gasteiger partial charge in [-0.25, -0.2) is 0 Å². The van der Waals surface area contributed by atoms with Crippen LogP contribution in [0.2, 0.25) is 5.02 Å². The van der Waals surface area contributed by atoms with Crippen LogP contribution in [0.4, 0.5) is 0 Å². The molecule has 1 aliphatic carbocycles. The van der Waals surface area contributed by atoms with Crippen molar-refractivity contribution in [1.29, 1.82) is 5.26 Å². The average Bonchev–Trinajstić information content (AvgIpc) is 3.19. The van der Waals surface area contributed by atoms with Crippen molar-refractivity contribution in [2.45, 2.75) is 6.42 Å². The molecule has 0 spiro atoms. The summed E-state index contributed by atoms with van der Waals surface area (Å²) >= 11 is 6.33. The quantitative estimate of drug-likeness (QED) is 0.701. The predicted molar refractivity (Wildman–Crippen MR) is 94.3 cm³/mol. The second-order valence-corrected chi connectivity index (χ2v) is 6.21. The van der Waals surface area contributed by atoms with Gasteiger partial charge in [-0.1, -0.05) is 23.7 Å². The normalized spacial score (nSPS) is 13.0. The van der Waals surface area contributed by atoms with E-state index >= 15 is 0 Å². The molecule has 0 radical (unpaired) electrons. The van der Waals surface area contributed by atoms with Crippen LogP contribution in [0.3, 0.4) is 0 Å². The molecule has 0 saturated heterocycles. The maximum atomic E-state index is 9.98. The van der Waals surface area contributed by atoms with Gasteiger partial charge in [0.05, 0.1) is 11.8 Å². The average molecular weight is 350 g/mol. The Kier molecular flexibility index (Phi) is 3.52. The summed E-state index contributed by atoms with van der Waals surface area (Å²) < 4.78 is 5.60. The Morgan fingerprint density at radius 1 is 1.04 bits per heavy atom. The van der Waals surface area contributed by atoms with Crippen molar-refractivity contribution in [2.24, 2.45) is 0 Å². The third-order valence-corrected chi connectivity index (χ3v) is 4.67. The van der Waals surface area contributed by atoms with Crippen LogP contribution in [-0.4, -0.2) is 10.2 Å². The lowest BCUT2D eigenvalue weighted by Gasteiger charge is -2.08. The first kappa shape index (κ1) is 15.4. The summed E-state index contributed by atoms with van der Waals surface area (Å²) in [5.41, 5.74) is 4.59. The van der Waals surface area contributed by atoms with Crippen molar-refractivity contribution in [1.82, 2.24) is 0 Å². The number of nitriles is 1. The zero-order valence-electron chi connectivity index (χ0n) is 13.0. The smallest absolute Gasteiger partial charge is 0.152 e. The Hall–Kier alpha value is -3.16. The number of aromatic hydroxyl groups is 2. The number of phenols is 2. The van der Waals surface area contributed by atoms with E-state index in [4.69, 9.17) is 16.0 Å². The standard InChI is InChI=1S/C20H12ClNO3/c21-18-8-14(24)7-17-16(18)9-15(11-1-3-13(23)4-2-11)19(17)20-12(10-22)5-6-25-20/h1-8,23-24H,9H2. The fourth-order valence-electron chi connectivity index (χ4n) is 3.21. The second kappa shape index (κ2) is 5.73. The van der Waals surface area contributed by atoms with Crippen LogP contribution in [-0.2, 0) is 6.42 Å². The highest BCUT2D eigenvalue weighted by Crippen LogP contribution is 2.47. The highest BCUT2D eigenvalue weighted by Gasteiger charge is 2.29. The molecule has 0 saturated carbocycles. The van der Waals surface area contributed by atoms with Gasteiger partial charge in [0.2, 0.25) is 0 Å². The Morgan fingerprint density at radius 2 is 1.80 bits per heavy atom. The summed E-state index contributed by atoms with van der Waals surface area (Å²) in [5, 5.41) is 29.4. The topological polar surface area (TPSA) is 77.4 Å². The molecule has 25 heavy (non-hydrogen) atoms. The molecule has 1 aliphatic rings. The summed E-state index contributed by atoms with van der Waals surface area (Å²) in [6.45, 7) is 0. The molecule has 0 amide bonds. The number of halogens is 1. The van der Waals surface area contributed by atoms with Crippen LogP contribution in [0.25, 0.3) is 11.1 Å². The first-order valence-corrected chi connectivity index (χ1v) is 7.98. The van der Waals surface area contributed by atoms with Crippen molar-refractivity contribution in [2.75, 3.05) is 0 Å². The Bertz CT molecular complexity index is 1060. The van der Waals surface area contributed by atoms with Crippen molar-refractivity contribution >= 4 is 22.7 Å². The number of allylic oxidation sites excluding steroid dienone is 1. The fraction of sp³-hybridized carbons (Fsp3) is 0.0500. The summed E-state index contributed by atoms with van der Waals surface area (Å²) in [5.74, 6) is 0.678. The van der Waals surface area contributed by atoms with Crippen LogP contribution < -0.4 is 0 Å². The van der Waals surface area contributed by atoms with E-state index in [0.29, 0.717) is 22.8 Å². The molecule has 5 heteroatoms. The summed E-state index contributed by atoms with van der Waals surface area (Å²) in [6, 6.07) is 13.7. The molecule has 1 aromatic heterocycles. The van der Waals surface area contributed by atoms with Gasteiger partial charge in [-0.3, -0.25) is 0 Å². The van der Waals surface area contributed by atoms with Gasteiger partial charge in [0.15, 0.2) is 5.76 Å². The van der Waals surface area contributed by atoms with Gasteiger partial charge >= 0.3 is 0 Å². The van der Waals surface area contributed by atoms with E-state index in [9.17, 15) is 15.5 Å². The number of phenolic OH excluding ortho intramolecular Hbond substituents is 2. The van der Waals surface area contributed by atoms with Crippen LogP contribution in [0.15, 0.2) is 53.1 Å². The van der Waals surface area contributed by atoms with Crippen molar-refractivity contribution in [3.8, 4) is 17.6 Å². The van der Waals surface area contributed by atoms with Gasteiger partial charge in [0.25, 0.3) is 0 Å². The minimum atomic E-state index is 0.0540. The molecule has 4 nitrogen and oxygen atoms in total. The lowest BCUT2D eigenvalue weighted by molar-refractivity contribution is 0.474. The van der Waals surface area contributed by atoms with Crippen LogP contribution >= 0.6 is 11.6 Å². The van der Waals surface area contributed by atoms with Crippen molar-refractivity contribution < 1.29 is 14.6 Å². The first-order valence-electron chi connectivity index (χ1n) is 7.60. The minimum Gasteiger partial charge on any atom is -0.508 e. The SMILES string of the molecule is N#Cc1ccoc1C1=C(c2ccc(O)cc2)Cc2c(Cl)cc(O)cc21. The largest absolute Gasteiger partial charge is 0.508 e. The molecular formula is C20H12ClNO3. The third kappa shape index (κ3) is 2.46. The third-order valence-electron chi connectivity index (χ3n) is 4.33. The molecule has 0 fully saturated rings. The molecular weight excluding hydrogens is 338 g/mol. The van der Waals surface area contributed by atoms with E-state index in [0.717, 1.165) is 27.8 Å². The summed E-state index contributed by atoms with van der Waals surface area (Å²) in [6.07, 6.45) is 2.01. The van der Waals surface area contributed by atoms with Crippen molar-refractivity contribution in [3.63, 3.8) is 0 Å². The Balaban J connectivity index is 2.02. The Labute approximate surface area is 148 Å². The lowest BCUT2D eigenvalue weighted by Crippen LogP contribution is -1.90. The number of benzene rings is 2. The number of furan rings is 1. The van der Waals surface area contributed by atoms with Crippen molar-refractivity contribution in [3.05, 3.63) is 81.8 Å². The molecule has 0 aliphatic heterocycles. The van der Waals surface area contributed by atoms with E-state index in [1.54, 1.807) is 36.4 Å². The van der Waals surface area contributed by atoms with Crippen LogP contribution in [0.1, 0.15) is 28.0 Å². The highest BCUT2D eigenvalue weighted by atomic mass is 35.5. The molecule has 2 N–H and O–H groups in total. The maximum absolute atomic E-state index is 9.98. The molecule has 122 valence electrons. The molecule has 2 aromatic carbocycles. The highest BCUT2D eigenvalue weighted by molar-refractivity contribution is 6.32. The van der Waals surface area contributed by atoms with E-state index < -0.39 is 0 Å². The van der Waals surface area contributed by atoms with Gasteiger partial charge in [-0.15, -0.1) is 0 Å². The lowest BCUT2D eigenvalue weighted by atomic mass is 9.97. The Morgan fingerprint density at radius 3 is 2.52 bits per heavy atom. The fourth-order valence-corrected chi connectivity index (χ4v) is 3.49. The monoisotopic (exact) mass is 349 g/mol. The van der Waals surface area contributed by atoms with Gasteiger partial charge < -0.3 is 14.6 Å². The summed E-state index contributed by atoms with van der Waals surface area (Å²) in [7, 11) is 0. The maximum Gasteiger partial charge on any atom is 0.152 e. The number of hydrogen-bond acceptors (Lipinski definition) is 4.